The van der Waals surface area contributed by atoms with Gasteiger partial charge in [-0.1, -0.05) is 0 Å². The molecule has 38 heavy (non-hydrogen) atoms. The SMILES string of the molecule is O=c1[nH]c(=O)n(C2OC(COP(=O)(O)OP(=O)(O)OC3OC(CO)C(O)C(O)C3O)C(O)C2O)cc1F.[Na+]. The molecule has 2 fully saturated rings. The Hall–Kier alpha value is -0.450. The van der Waals surface area contributed by atoms with Crippen molar-refractivity contribution in [3.63, 3.8) is 0 Å². The van der Waals surface area contributed by atoms with Gasteiger partial charge >= 0.3 is 50.9 Å². The van der Waals surface area contributed by atoms with E-state index in [9.17, 15) is 58.4 Å². The number of aliphatic hydroxyl groups is 6. The second-order valence-corrected chi connectivity index (χ2v) is 10.8. The minimum Gasteiger partial charge on any atom is -0.394 e. The molecule has 0 aromatic carbocycles. The van der Waals surface area contributed by atoms with Crippen LogP contribution in [0.1, 0.15) is 6.23 Å². The topological polar surface area (TPSA) is 297 Å². The van der Waals surface area contributed by atoms with Gasteiger partial charge in [-0.2, -0.15) is 8.70 Å². The Kier molecular flexibility index (Phi) is 11.6. The number of ether oxygens (including phenoxy) is 2. The Morgan fingerprint density at radius 3 is 2.16 bits per heavy atom. The molecule has 1 aromatic rings. The summed E-state index contributed by atoms with van der Waals surface area (Å²) in [6.07, 6.45) is -16.8. The van der Waals surface area contributed by atoms with Gasteiger partial charge in [-0.25, -0.2) is 13.9 Å². The summed E-state index contributed by atoms with van der Waals surface area (Å²) in [5.41, 5.74) is -2.60. The van der Waals surface area contributed by atoms with E-state index in [0.717, 1.165) is 0 Å². The molecule has 3 rings (SSSR count). The van der Waals surface area contributed by atoms with Crippen LogP contribution in [-0.4, -0.2) is 112 Å². The molecule has 3 heterocycles. The van der Waals surface area contributed by atoms with Gasteiger partial charge in [-0.05, 0) is 0 Å². The predicted octanol–water partition coefficient (Wildman–Crippen LogP) is -7.65. The van der Waals surface area contributed by atoms with Crippen molar-refractivity contribution >= 4 is 15.6 Å². The summed E-state index contributed by atoms with van der Waals surface area (Å²) in [6, 6.07) is 0. The fourth-order valence-corrected chi connectivity index (χ4v) is 5.53. The van der Waals surface area contributed by atoms with Gasteiger partial charge in [0.2, 0.25) is 5.82 Å². The number of aromatic amines is 1. The first-order valence-electron chi connectivity index (χ1n) is 10.1. The Bertz CT molecular complexity index is 1180. The smallest absolute Gasteiger partial charge is 0.394 e. The number of nitrogens with zero attached hydrogens (tertiary/aromatic N) is 1. The van der Waals surface area contributed by atoms with Crippen LogP contribution in [0.25, 0.3) is 0 Å². The maximum absolute atomic E-state index is 13.5. The van der Waals surface area contributed by atoms with Crippen molar-refractivity contribution in [1.82, 2.24) is 9.55 Å². The zero-order valence-corrected chi connectivity index (χ0v) is 22.9. The second-order valence-electron chi connectivity index (χ2n) is 7.81. The molecular weight excluding hydrogens is 584 g/mol. The molecule has 0 bridgehead atoms. The zero-order chi connectivity index (χ0) is 27.9. The van der Waals surface area contributed by atoms with Crippen LogP contribution < -0.4 is 40.8 Å². The Balaban J connectivity index is 0.00000507. The van der Waals surface area contributed by atoms with E-state index in [0.29, 0.717) is 10.8 Å². The minimum atomic E-state index is -5.64. The summed E-state index contributed by atoms with van der Waals surface area (Å²) in [6.45, 7) is -2.04. The van der Waals surface area contributed by atoms with Crippen molar-refractivity contribution in [2.24, 2.45) is 0 Å². The molecule has 11 unspecified atom stereocenters. The number of rotatable bonds is 9. The van der Waals surface area contributed by atoms with E-state index in [2.05, 4.69) is 13.4 Å². The normalized spacial score (nSPS) is 36.7. The first-order valence-corrected chi connectivity index (χ1v) is 13.1. The predicted molar refractivity (Wildman–Crippen MR) is 109 cm³/mol. The fourth-order valence-electron chi connectivity index (χ4n) is 3.37. The van der Waals surface area contributed by atoms with Gasteiger partial charge in [-0.3, -0.25) is 23.4 Å². The number of aromatic nitrogens is 2. The molecular formula is C15H23FN2NaO17P2+. The number of H-pyrrole nitrogens is 1. The Labute approximate surface area is 232 Å². The van der Waals surface area contributed by atoms with Crippen LogP contribution in [0.15, 0.2) is 15.8 Å². The fraction of sp³-hybridized carbons (Fsp3) is 0.733. The van der Waals surface area contributed by atoms with E-state index in [1.54, 1.807) is 4.98 Å². The van der Waals surface area contributed by atoms with Gasteiger partial charge in [-0.15, -0.1) is 0 Å². The molecule has 1 aromatic heterocycles. The molecule has 2 aliphatic heterocycles. The number of phosphoric acid groups is 2. The summed E-state index contributed by atoms with van der Waals surface area (Å²) in [5.74, 6) is -1.43. The first-order chi connectivity index (χ1) is 17.1. The van der Waals surface area contributed by atoms with E-state index in [1.807, 2.05) is 0 Å². The van der Waals surface area contributed by atoms with Crippen LogP contribution in [0.3, 0.4) is 0 Å². The van der Waals surface area contributed by atoms with Crippen LogP contribution in [-0.2, 0) is 32.0 Å². The van der Waals surface area contributed by atoms with E-state index in [-0.39, 0.29) is 29.6 Å². The van der Waals surface area contributed by atoms with E-state index < -0.39 is 101 Å². The molecule has 2 saturated heterocycles. The van der Waals surface area contributed by atoms with Crippen molar-refractivity contribution in [1.29, 1.82) is 0 Å². The number of hydrogen-bond acceptors (Lipinski definition) is 15. The summed E-state index contributed by atoms with van der Waals surface area (Å²) < 4.78 is 61.0. The molecule has 19 nitrogen and oxygen atoms in total. The molecule has 0 spiro atoms. The molecule has 0 aliphatic carbocycles. The minimum absolute atomic E-state index is 0. The third-order valence-corrected chi connectivity index (χ3v) is 7.83. The molecule has 23 heteroatoms. The van der Waals surface area contributed by atoms with Crippen molar-refractivity contribution in [2.75, 3.05) is 13.2 Å². The standard InChI is InChI=1S/C15H23FN2O17P2.Na/c16-4-1-18(15(26)17-12(4)25)13-10(23)8(21)6(32-13)3-31-36(27,28)35-37(29,30)34-14-11(24)9(22)7(20)5(2-19)33-14;/h1,5-11,13-14,19-24H,2-3H2,(H,27,28)(H,29,30)(H,17,25,26);/q;+1. The van der Waals surface area contributed by atoms with E-state index in [4.69, 9.17) is 14.6 Å². The second kappa shape index (κ2) is 13.0. The van der Waals surface area contributed by atoms with Crippen molar-refractivity contribution < 1.29 is 106 Å². The summed E-state index contributed by atoms with van der Waals surface area (Å²) in [7, 11) is -11.2. The van der Waals surface area contributed by atoms with Gasteiger partial charge in [0, 0.05) is 0 Å². The summed E-state index contributed by atoms with van der Waals surface area (Å²) in [5, 5.41) is 58.5. The first kappa shape index (κ1) is 33.8. The molecule has 2 aliphatic rings. The average Bonchev–Trinajstić information content (AvgIpc) is 3.08. The van der Waals surface area contributed by atoms with E-state index >= 15 is 0 Å². The summed E-state index contributed by atoms with van der Waals surface area (Å²) >= 11 is 0. The maximum atomic E-state index is 13.5. The molecule has 212 valence electrons. The quantitative estimate of drug-likeness (QED) is 0.0930. The number of aliphatic hydroxyl groups excluding tert-OH is 6. The summed E-state index contributed by atoms with van der Waals surface area (Å²) in [4.78, 5) is 44.1. The average molecular weight is 607 g/mol. The molecule has 0 radical (unpaired) electrons. The van der Waals surface area contributed by atoms with Gasteiger partial charge in [0.05, 0.1) is 19.4 Å². The number of nitrogens with one attached hydrogen (secondary N) is 1. The van der Waals surface area contributed by atoms with Crippen LogP contribution in [0.2, 0.25) is 0 Å². The van der Waals surface area contributed by atoms with E-state index in [1.165, 1.54) is 0 Å². The zero-order valence-electron chi connectivity index (χ0n) is 19.2. The third-order valence-electron chi connectivity index (χ3n) is 5.23. The monoisotopic (exact) mass is 607 g/mol. The number of halogens is 1. The number of phosphoric ester groups is 2. The van der Waals surface area contributed by atoms with Gasteiger partial charge in [0.25, 0.3) is 5.56 Å². The van der Waals surface area contributed by atoms with Crippen molar-refractivity contribution in [3.05, 3.63) is 32.9 Å². The Morgan fingerprint density at radius 1 is 0.947 bits per heavy atom. The largest absolute Gasteiger partial charge is 1.00 e. The molecule has 9 N–H and O–H groups in total. The number of hydrogen-bond donors (Lipinski definition) is 9. The van der Waals surface area contributed by atoms with Gasteiger partial charge < -0.3 is 49.9 Å². The Morgan fingerprint density at radius 2 is 1.55 bits per heavy atom. The van der Waals surface area contributed by atoms with Crippen molar-refractivity contribution in [2.45, 2.75) is 55.2 Å². The maximum Gasteiger partial charge on any atom is 1.00 e. The third kappa shape index (κ3) is 7.64. The van der Waals surface area contributed by atoms with Crippen LogP contribution >= 0.6 is 15.6 Å². The van der Waals surface area contributed by atoms with Crippen molar-refractivity contribution in [3.8, 4) is 0 Å². The van der Waals surface area contributed by atoms with Gasteiger partial charge in [0.15, 0.2) is 12.5 Å². The molecule has 0 saturated carbocycles. The van der Waals surface area contributed by atoms with Crippen LogP contribution in [0.5, 0.6) is 0 Å². The van der Waals surface area contributed by atoms with Crippen LogP contribution in [0.4, 0.5) is 4.39 Å². The molecule has 11 atom stereocenters. The molecule has 0 amide bonds. The van der Waals surface area contributed by atoms with Gasteiger partial charge in [0.1, 0.15) is 42.7 Å². The van der Waals surface area contributed by atoms with Crippen LogP contribution in [0, 0.1) is 5.82 Å².